The zero-order chi connectivity index (χ0) is 27.7. The Morgan fingerprint density at radius 3 is 1.68 bits per heavy atom. The van der Waals surface area contributed by atoms with Gasteiger partial charge in [-0.15, -0.1) is 0 Å². The van der Waals surface area contributed by atoms with Crippen molar-refractivity contribution in [1.29, 1.82) is 0 Å². The van der Waals surface area contributed by atoms with E-state index in [1.165, 1.54) is 37.8 Å². The van der Waals surface area contributed by atoms with Crippen LogP contribution in [0.3, 0.4) is 0 Å². The van der Waals surface area contributed by atoms with Crippen LogP contribution in [0.4, 0.5) is 0 Å². The molecule has 2 aliphatic carbocycles. The lowest BCUT2D eigenvalue weighted by Gasteiger charge is -2.22. The van der Waals surface area contributed by atoms with Crippen LogP contribution in [-0.4, -0.2) is 32.0 Å². The standard InChI is InChI=1S/C16H12O6.C15H24/c1-5-3-7(17)9-11(13(5)19)15(21)10-8(18)4-6(2)14(20)12(10)16(9)22;1-13-7-5-8-14(2)10-12-15(3,4)11-6-9-13/h3-4,17-20H,1-2H3;6-7,10-11H,5,8-9,12H2,1-4H3. The van der Waals surface area contributed by atoms with Gasteiger partial charge in [-0.3, -0.25) is 9.59 Å². The molecule has 4 rings (SSSR count). The largest absolute Gasteiger partial charge is 0.507 e. The predicted molar refractivity (Wildman–Crippen MR) is 145 cm³/mol. The van der Waals surface area contributed by atoms with Crippen molar-refractivity contribution in [1.82, 2.24) is 0 Å². The average molecular weight is 505 g/mol. The molecule has 0 radical (unpaired) electrons. The summed E-state index contributed by atoms with van der Waals surface area (Å²) in [5.74, 6) is -3.44. The first-order valence-electron chi connectivity index (χ1n) is 12.4. The normalized spacial score (nSPS) is 16.9. The Labute approximate surface area is 218 Å². The molecule has 0 atom stereocenters. The minimum Gasteiger partial charge on any atom is -0.507 e. The van der Waals surface area contributed by atoms with E-state index in [-0.39, 0.29) is 33.4 Å². The fourth-order valence-corrected chi connectivity index (χ4v) is 4.53. The second-order valence-corrected chi connectivity index (χ2v) is 10.7. The van der Waals surface area contributed by atoms with E-state index < -0.39 is 34.6 Å². The Morgan fingerprint density at radius 2 is 1.19 bits per heavy atom. The van der Waals surface area contributed by atoms with E-state index in [9.17, 15) is 30.0 Å². The van der Waals surface area contributed by atoms with Crippen LogP contribution in [0, 0.1) is 19.3 Å². The van der Waals surface area contributed by atoms with E-state index >= 15 is 0 Å². The Kier molecular flexibility index (Phi) is 8.01. The molecule has 2 aliphatic rings. The molecule has 2 aromatic carbocycles. The Bertz CT molecular complexity index is 1280. The number of aryl methyl sites for hydroxylation is 2. The third-order valence-electron chi connectivity index (χ3n) is 6.86. The average Bonchev–Trinajstić information content (AvgIpc) is 2.83. The summed E-state index contributed by atoms with van der Waals surface area (Å²) >= 11 is 0. The number of benzene rings is 2. The summed E-state index contributed by atoms with van der Waals surface area (Å²) in [6, 6.07) is 2.33. The first kappa shape index (κ1) is 27.8. The SMILES string of the molecule is CC1=CCCC(C)=CCC(C)(C)C=CC1.Cc1cc(O)c2c(c1O)C(=O)c1c(O)cc(C)c(O)c1C2=O. The summed E-state index contributed by atoms with van der Waals surface area (Å²) in [5, 5.41) is 40.1. The minimum absolute atomic E-state index is 0.219. The van der Waals surface area contributed by atoms with E-state index in [4.69, 9.17) is 0 Å². The lowest BCUT2D eigenvalue weighted by molar-refractivity contribution is 0.0969. The Balaban J connectivity index is 0.000000222. The predicted octanol–water partition coefficient (Wildman–Crippen LogP) is 6.94. The summed E-state index contributed by atoms with van der Waals surface area (Å²) in [6.45, 7) is 12.0. The van der Waals surface area contributed by atoms with Gasteiger partial charge in [0.2, 0.25) is 11.6 Å². The molecule has 196 valence electrons. The van der Waals surface area contributed by atoms with Gasteiger partial charge in [0.05, 0.1) is 22.3 Å². The number of hydrogen-bond acceptors (Lipinski definition) is 6. The van der Waals surface area contributed by atoms with E-state index in [0.29, 0.717) is 5.41 Å². The summed E-state index contributed by atoms with van der Waals surface area (Å²) in [4.78, 5) is 25.1. The first-order valence-corrected chi connectivity index (χ1v) is 12.4. The smallest absolute Gasteiger partial charge is 0.202 e. The molecule has 37 heavy (non-hydrogen) atoms. The number of allylic oxidation sites excluding steroid dienone is 6. The zero-order valence-corrected chi connectivity index (χ0v) is 22.4. The lowest BCUT2D eigenvalue weighted by Crippen LogP contribution is -2.22. The van der Waals surface area contributed by atoms with Gasteiger partial charge in [0.1, 0.15) is 23.0 Å². The summed E-state index contributed by atoms with van der Waals surface area (Å²) in [5.41, 5.74) is 2.29. The van der Waals surface area contributed by atoms with Crippen LogP contribution in [0.25, 0.3) is 0 Å². The molecule has 2 aromatic rings. The molecule has 0 saturated carbocycles. The van der Waals surface area contributed by atoms with Gasteiger partial charge in [-0.2, -0.15) is 0 Å². The molecule has 0 unspecified atom stereocenters. The molecule has 0 fully saturated rings. The van der Waals surface area contributed by atoms with Crippen molar-refractivity contribution in [3.8, 4) is 23.0 Å². The van der Waals surface area contributed by atoms with E-state index in [1.54, 1.807) is 0 Å². The fourth-order valence-electron chi connectivity index (χ4n) is 4.53. The molecule has 0 heterocycles. The molecule has 6 nitrogen and oxygen atoms in total. The first-order chi connectivity index (χ1) is 17.2. The molecule has 0 spiro atoms. The van der Waals surface area contributed by atoms with Crippen molar-refractivity contribution in [2.75, 3.05) is 0 Å². The molecule has 0 saturated heterocycles. The number of rotatable bonds is 0. The molecule has 0 aromatic heterocycles. The maximum atomic E-state index is 12.6. The summed E-state index contributed by atoms with van der Waals surface area (Å²) in [7, 11) is 0. The van der Waals surface area contributed by atoms with Crippen LogP contribution in [-0.2, 0) is 0 Å². The molecule has 6 heteroatoms. The van der Waals surface area contributed by atoms with Crippen molar-refractivity contribution in [3.63, 3.8) is 0 Å². The quantitative estimate of drug-likeness (QED) is 0.195. The van der Waals surface area contributed by atoms with Crippen LogP contribution in [0.1, 0.15) is 96.3 Å². The number of aromatic hydroxyl groups is 4. The zero-order valence-electron chi connectivity index (χ0n) is 22.4. The van der Waals surface area contributed by atoms with Gasteiger partial charge < -0.3 is 20.4 Å². The third kappa shape index (κ3) is 5.79. The highest BCUT2D eigenvalue weighted by Gasteiger charge is 2.39. The number of ketones is 2. The van der Waals surface area contributed by atoms with E-state index in [0.717, 1.165) is 25.0 Å². The van der Waals surface area contributed by atoms with Gasteiger partial charge >= 0.3 is 0 Å². The highest BCUT2D eigenvalue weighted by atomic mass is 16.3. The molecule has 0 amide bonds. The van der Waals surface area contributed by atoms with Gasteiger partial charge in [0, 0.05) is 0 Å². The van der Waals surface area contributed by atoms with Gasteiger partial charge in [-0.05, 0) is 82.1 Å². The van der Waals surface area contributed by atoms with Crippen molar-refractivity contribution in [3.05, 3.63) is 81.0 Å². The minimum atomic E-state index is -0.825. The van der Waals surface area contributed by atoms with Crippen molar-refractivity contribution in [2.24, 2.45) is 5.41 Å². The molecule has 0 aliphatic heterocycles. The van der Waals surface area contributed by atoms with Crippen LogP contribution >= 0.6 is 0 Å². The number of carbonyl (C=O) groups excluding carboxylic acids is 2. The maximum absolute atomic E-state index is 12.6. The number of phenols is 4. The van der Waals surface area contributed by atoms with Gasteiger partial charge in [-0.1, -0.05) is 49.3 Å². The van der Waals surface area contributed by atoms with Crippen LogP contribution in [0.15, 0.2) is 47.6 Å². The van der Waals surface area contributed by atoms with E-state index in [2.05, 4.69) is 52.0 Å². The molecule has 4 N–H and O–H groups in total. The Morgan fingerprint density at radius 1 is 0.703 bits per heavy atom. The number of carbonyl (C=O) groups is 2. The van der Waals surface area contributed by atoms with Crippen LogP contribution in [0.2, 0.25) is 0 Å². The number of fused-ring (bicyclic) bond motifs is 2. The number of phenolic OH excluding ortho intramolecular Hbond substituents is 4. The van der Waals surface area contributed by atoms with Crippen LogP contribution in [0.5, 0.6) is 23.0 Å². The second kappa shape index (κ2) is 10.7. The second-order valence-electron chi connectivity index (χ2n) is 10.7. The van der Waals surface area contributed by atoms with Crippen molar-refractivity contribution < 1.29 is 30.0 Å². The topological polar surface area (TPSA) is 115 Å². The molecular formula is C31H36O6. The van der Waals surface area contributed by atoms with Crippen LogP contribution < -0.4 is 0 Å². The maximum Gasteiger partial charge on any atom is 0.202 e. The third-order valence-corrected chi connectivity index (χ3v) is 6.86. The van der Waals surface area contributed by atoms with Gasteiger partial charge in [-0.25, -0.2) is 0 Å². The van der Waals surface area contributed by atoms with Gasteiger partial charge in [0.25, 0.3) is 0 Å². The Hall–Kier alpha value is -3.80. The van der Waals surface area contributed by atoms with Crippen molar-refractivity contribution >= 4 is 11.6 Å². The van der Waals surface area contributed by atoms with E-state index in [1.807, 2.05) is 0 Å². The summed E-state index contributed by atoms with van der Waals surface area (Å²) in [6.07, 6.45) is 14.1. The highest BCUT2D eigenvalue weighted by molar-refractivity contribution is 6.32. The monoisotopic (exact) mass is 504 g/mol. The fraction of sp³-hybridized carbons (Fsp3) is 0.355. The number of hydrogen-bond donors (Lipinski definition) is 4. The van der Waals surface area contributed by atoms with Crippen molar-refractivity contribution in [2.45, 2.75) is 67.2 Å². The molecular weight excluding hydrogens is 468 g/mol. The summed E-state index contributed by atoms with van der Waals surface area (Å²) < 4.78 is 0. The van der Waals surface area contributed by atoms with Gasteiger partial charge in [0.15, 0.2) is 0 Å². The highest BCUT2D eigenvalue weighted by Crippen LogP contribution is 2.45. The lowest BCUT2D eigenvalue weighted by atomic mass is 9.80. The molecule has 0 bridgehead atoms.